The number of carbonyl (C=O) groups excluding carboxylic acids is 1. The number of amides is 1. The number of rotatable bonds is 4. The molecule has 160 valence electrons. The fraction of sp³-hybridized carbons (Fsp3) is 0.381. The molecular weight excluding hydrogens is 408 g/mol. The minimum Gasteiger partial charge on any atom is -0.449 e. The summed E-state index contributed by atoms with van der Waals surface area (Å²) in [6.45, 7) is 6.68. The Labute approximate surface area is 175 Å². The van der Waals surface area contributed by atoms with Crippen molar-refractivity contribution < 1.29 is 27.4 Å². The fourth-order valence-corrected chi connectivity index (χ4v) is 4.88. The highest BCUT2D eigenvalue weighted by Gasteiger charge is 2.32. The van der Waals surface area contributed by atoms with Crippen LogP contribution in [-0.2, 0) is 14.8 Å². The highest BCUT2D eigenvalue weighted by Crippen LogP contribution is 2.40. The van der Waals surface area contributed by atoms with Crippen molar-refractivity contribution in [1.82, 2.24) is 4.31 Å². The summed E-state index contributed by atoms with van der Waals surface area (Å²) in [4.78, 5) is 13.0. The molecule has 0 unspecified atom stereocenters. The Morgan fingerprint density at radius 1 is 1.03 bits per heavy atom. The van der Waals surface area contributed by atoms with Crippen molar-refractivity contribution in [1.29, 1.82) is 0 Å². The van der Waals surface area contributed by atoms with E-state index in [2.05, 4.69) is 5.32 Å². The van der Waals surface area contributed by atoms with Gasteiger partial charge in [0.1, 0.15) is 0 Å². The summed E-state index contributed by atoms with van der Waals surface area (Å²) in [6, 6.07) is 9.72. The highest BCUT2D eigenvalue weighted by molar-refractivity contribution is 7.89. The van der Waals surface area contributed by atoms with Crippen LogP contribution in [0.2, 0.25) is 0 Å². The maximum Gasteiger partial charge on any atom is 0.255 e. The van der Waals surface area contributed by atoms with E-state index in [9.17, 15) is 13.2 Å². The maximum absolute atomic E-state index is 12.9. The summed E-state index contributed by atoms with van der Waals surface area (Å²) >= 11 is 0. The van der Waals surface area contributed by atoms with Gasteiger partial charge in [-0.15, -0.1) is 0 Å². The van der Waals surface area contributed by atoms with Crippen molar-refractivity contribution in [3.8, 4) is 11.5 Å². The Morgan fingerprint density at radius 2 is 1.73 bits per heavy atom. The molecule has 2 aromatic rings. The Balaban J connectivity index is 1.57. The average molecular weight is 432 g/mol. The van der Waals surface area contributed by atoms with Gasteiger partial charge < -0.3 is 19.5 Å². The zero-order valence-electron chi connectivity index (χ0n) is 17.1. The Hall–Kier alpha value is -2.62. The molecule has 9 heteroatoms. The van der Waals surface area contributed by atoms with Gasteiger partial charge in [-0.2, -0.15) is 4.31 Å². The summed E-state index contributed by atoms with van der Waals surface area (Å²) in [7, 11) is -3.69. The average Bonchev–Trinajstić information content (AvgIpc) is 3.01. The third-order valence-corrected chi connectivity index (χ3v) is 6.87. The first-order chi connectivity index (χ1) is 14.2. The van der Waals surface area contributed by atoms with Gasteiger partial charge in [-0.1, -0.05) is 6.07 Å². The molecule has 0 saturated carbocycles. The number of hydrogen-bond acceptors (Lipinski definition) is 6. The predicted octanol–water partition coefficient (Wildman–Crippen LogP) is 2.78. The van der Waals surface area contributed by atoms with Crippen LogP contribution in [-0.4, -0.2) is 50.7 Å². The van der Waals surface area contributed by atoms with Crippen LogP contribution in [0.5, 0.6) is 11.5 Å². The van der Waals surface area contributed by atoms with E-state index < -0.39 is 21.7 Å². The molecule has 2 aliphatic heterocycles. The largest absolute Gasteiger partial charge is 0.449 e. The molecule has 1 N–H and O–H groups in total. The van der Waals surface area contributed by atoms with Crippen molar-refractivity contribution in [3.63, 3.8) is 0 Å². The molecule has 0 bridgehead atoms. The maximum atomic E-state index is 12.9. The molecular formula is C21H24N2O6S. The first-order valence-corrected chi connectivity index (χ1v) is 11.1. The minimum atomic E-state index is -3.69. The third kappa shape index (κ3) is 4.00. The van der Waals surface area contributed by atoms with Crippen LogP contribution in [0.15, 0.2) is 41.3 Å². The lowest BCUT2D eigenvalue weighted by Crippen LogP contribution is -2.40. The number of ether oxygens (including phenoxy) is 3. The van der Waals surface area contributed by atoms with E-state index in [0.29, 0.717) is 54.6 Å². The second-order valence-corrected chi connectivity index (χ2v) is 9.65. The second-order valence-electron chi connectivity index (χ2n) is 7.71. The summed E-state index contributed by atoms with van der Waals surface area (Å²) in [6.07, 6.45) is 0. The molecule has 0 aliphatic carbocycles. The number of aryl methyl sites for hydroxylation is 1. The Morgan fingerprint density at radius 3 is 2.47 bits per heavy atom. The van der Waals surface area contributed by atoms with Crippen LogP contribution in [0.3, 0.4) is 0 Å². The summed E-state index contributed by atoms with van der Waals surface area (Å²) in [5.41, 5.74) is 1.50. The molecule has 1 saturated heterocycles. The van der Waals surface area contributed by atoms with Crippen molar-refractivity contribution >= 4 is 21.6 Å². The van der Waals surface area contributed by atoms with Gasteiger partial charge in [-0.3, -0.25) is 4.79 Å². The van der Waals surface area contributed by atoms with Crippen molar-refractivity contribution in [2.24, 2.45) is 0 Å². The molecule has 1 fully saturated rings. The van der Waals surface area contributed by atoms with E-state index in [-0.39, 0.29) is 4.90 Å². The van der Waals surface area contributed by atoms with E-state index >= 15 is 0 Å². The lowest BCUT2D eigenvalue weighted by molar-refractivity contribution is -0.0431. The van der Waals surface area contributed by atoms with E-state index in [1.807, 2.05) is 0 Å². The van der Waals surface area contributed by atoms with Crippen LogP contribution in [0.1, 0.15) is 29.8 Å². The third-order valence-electron chi connectivity index (χ3n) is 4.97. The number of fused-ring (bicyclic) bond motifs is 1. The van der Waals surface area contributed by atoms with Gasteiger partial charge in [0.2, 0.25) is 15.8 Å². The van der Waals surface area contributed by atoms with Gasteiger partial charge >= 0.3 is 0 Å². The molecule has 0 radical (unpaired) electrons. The smallest absolute Gasteiger partial charge is 0.255 e. The first kappa shape index (κ1) is 20.6. The number of benzene rings is 2. The quantitative estimate of drug-likeness (QED) is 0.799. The van der Waals surface area contributed by atoms with Gasteiger partial charge in [0, 0.05) is 44.3 Å². The summed E-state index contributed by atoms with van der Waals surface area (Å²) in [5.74, 6) is -0.0143. The molecule has 4 rings (SSSR count). The fourth-order valence-electron chi connectivity index (χ4n) is 3.44. The number of nitrogens with zero attached hydrogens (tertiary/aromatic N) is 1. The first-order valence-electron chi connectivity index (χ1n) is 9.68. The molecule has 30 heavy (non-hydrogen) atoms. The van der Waals surface area contributed by atoms with Crippen molar-refractivity contribution in [2.75, 3.05) is 31.6 Å². The van der Waals surface area contributed by atoms with Gasteiger partial charge in [0.05, 0.1) is 18.1 Å². The molecule has 0 atom stereocenters. The molecule has 2 heterocycles. The predicted molar refractivity (Wildman–Crippen MR) is 110 cm³/mol. The Kier molecular flexibility index (Phi) is 5.21. The van der Waals surface area contributed by atoms with E-state index in [1.165, 1.54) is 16.4 Å². The zero-order valence-corrected chi connectivity index (χ0v) is 17.9. The van der Waals surface area contributed by atoms with E-state index in [0.717, 1.165) is 0 Å². The second kappa shape index (κ2) is 7.57. The highest BCUT2D eigenvalue weighted by atomic mass is 32.2. The molecule has 0 aromatic heterocycles. The topological polar surface area (TPSA) is 94.2 Å². The number of hydrogen-bond donors (Lipinski definition) is 1. The Bertz CT molecular complexity index is 1090. The van der Waals surface area contributed by atoms with Crippen LogP contribution < -0.4 is 14.8 Å². The van der Waals surface area contributed by atoms with Crippen LogP contribution in [0, 0.1) is 6.92 Å². The molecule has 2 aromatic carbocycles. The van der Waals surface area contributed by atoms with Crippen molar-refractivity contribution in [3.05, 3.63) is 47.5 Å². The molecule has 1 amide bonds. The zero-order chi connectivity index (χ0) is 21.5. The van der Waals surface area contributed by atoms with Gasteiger partial charge in [-0.25, -0.2) is 8.42 Å². The molecule has 0 spiro atoms. The number of sulfonamides is 1. The lowest BCUT2D eigenvalue weighted by atomic mass is 10.1. The lowest BCUT2D eigenvalue weighted by Gasteiger charge is -2.26. The normalized spacial score (nSPS) is 18.2. The number of anilines is 1. The van der Waals surface area contributed by atoms with Crippen LogP contribution in [0.4, 0.5) is 5.69 Å². The number of morpholine rings is 1. The van der Waals surface area contributed by atoms with Gasteiger partial charge in [0.15, 0.2) is 11.5 Å². The molecule has 2 aliphatic rings. The monoisotopic (exact) mass is 432 g/mol. The standard InChI is InChI=1S/C21H24N2O6S/c1-14-4-6-16(30(25,26)23-8-10-27-11-9-23)13-17(14)20(24)22-15-5-7-18-19(12-15)29-21(2,3)28-18/h4-7,12-13H,8-11H2,1-3H3,(H,22,24). The van der Waals surface area contributed by atoms with Crippen molar-refractivity contribution in [2.45, 2.75) is 31.5 Å². The van der Waals surface area contributed by atoms with Gasteiger partial charge in [0.25, 0.3) is 5.91 Å². The summed E-state index contributed by atoms with van der Waals surface area (Å²) in [5, 5.41) is 2.81. The number of nitrogens with one attached hydrogen (secondary N) is 1. The van der Waals surface area contributed by atoms with E-state index in [1.54, 1.807) is 45.0 Å². The summed E-state index contributed by atoms with van der Waals surface area (Å²) < 4.78 is 43.8. The van der Waals surface area contributed by atoms with Crippen LogP contribution in [0.25, 0.3) is 0 Å². The molecule has 8 nitrogen and oxygen atoms in total. The number of carbonyl (C=O) groups is 1. The van der Waals surface area contributed by atoms with E-state index in [4.69, 9.17) is 14.2 Å². The van der Waals surface area contributed by atoms with Gasteiger partial charge in [-0.05, 0) is 36.8 Å². The minimum absolute atomic E-state index is 0.0904. The SMILES string of the molecule is Cc1ccc(S(=O)(=O)N2CCOCC2)cc1C(=O)Nc1ccc2c(c1)OC(C)(C)O2. The van der Waals surface area contributed by atoms with Crippen LogP contribution >= 0.6 is 0 Å².